The summed E-state index contributed by atoms with van der Waals surface area (Å²) in [4.78, 5) is 0. The van der Waals surface area contributed by atoms with Crippen LogP contribution in [0.5, 0.6) is 0 Å². The standard InChI is InChI=1S/C6H13NO2/c7-4-1-2-5(8)6(9)3-4/h4-6,8-9H,1-3,7H2. The second-order valence-corrected chi connectivity index (χ2v) is 2.71. The molecule has 3 unspecified atom stereocenters. The predicted molar refractivity (Wildman–Crippen MR) is 33.8 cm³/mol. The molecule has 3 atom stereocenters. The maximum absolute atomic E-state index is 9.02. The fourth-order valence-corrected chi connectivity index (χ4v) is 1.16. The fourth-order valence-electron chi connectivity index (χ4n) is 1.16. The van der Waals surface area contributed by atoms with E-state index in [9.17, 15) is 0 Å². The van der Waals surface area contributed by atoms with Crippen molar-refractivity contribution >= 4 is 0 Å². The highest BCUT2D eigenvalue weighted by atomic mass is 16.3. The van der Waals surface area contributed by atoms with E-state index < -0.39 is 12.2 Å². The average molecular weight is 131 g/mol. The molecule has 4 N–H and O–H groups in total. The van der Waals surface area contributed by atoms with Crippen molar-refractivity contribution in [1.29, 1.82) is 0 Å². The van der Waals surface area contributed by atoms with E-state index in [2.05, 4.69) is 0 Å². The number of rotatable bonds is 0. The van der Waals surface area contributed by atoms with Gasteiger partial charge in [0.05, 0.1) is 12.2 Å². The lowest BCUT2D eigenvalue weighted by atomic mass is 9.91. The third-order valence-corrected chi connectivity index (χ3v) is 1.82. The van der Waals surface area contributed by atoms with Crippen molar-refractivity contribution < 1.29 is 10.2 Å². The smallest absolute Gasteiger partial charge is 0.0813 e. The van der Waals surface area contributed by atoms with Gasteiger partial charge in [0.2, 0.25) is 0 Å². The van der Waals surface area contributed by atoms with Crippen LogP contribution in [0.4, 0.5) is 0 Å². The maximum Gasteiger partial charge on any atom is 0.0813 e. The quantitative estimate of drug-likeness (QED) is 0.404. The van der Waals surface area contributed by atoms with Crippen LogP contribution in [0.1, 0.15) is 19.3 Å². The summed E-state index contributed by atoms with van der Waals surface area (Å²) < 4.78 is 0. The van der Waals surface area contributed by atoms with Crippen molar-refractivity contribution in [2.45, 2.75) is 37.5 Å². The van der Waals surface area contributed by atoms with Gasteiger partial charge in [-0.25, -0.2) is 0 Å². The van der Waals surface area contributed by atoms with Gasteiger partial charge in [0.25, 0.3) is 0 Å². The lowest BCUT2D eigenvalue weighted by Gasteiger charge is -2.27. The molecule has 3 nitrogen and oxygen atoms in total. The van der Waals surface area contributed by atoms with Gasteiger partial charge in [0, 0.05) is 6.04 Å². The summed E-state index contributed by atoms with van der Waals surface area (Å²) in [6.07, 6.45) is 0.889. The van der Waals surface area contributed by atoms with Crippen molar-refractivity contribution in [3.8, 4) is 0 Å². The molecular formula is C6H13NO2. The van der Waals surface area contributed by atoms with Crippen molar-refractivity contribution in [3.05, 3.63) is 0 Å². The summed E-state index contributed by atoms with van der Waals surface area (Å²) in [6, 6.07) is 0.0865. The van der Waals surface area contributed by atoms with Gasteiger partial charge in [-0.05, 0) is 19.3 Å². The molecule has 0 bridgehead atoms. The van der Waals surface area contributed by atoms with Crippen LogP contribution in [0.25, 0.3) is 0 Å². The Morgan fingerprint density at radius 1 is 1.11 bits per heavy atom. The Morgan fingerprint density at radius 2 is 1.78 bits per heavy atom. The third-order valence-electron chi connectivity index (χ3n) is 1.82. The highest BCUT2D eigenvalue weighted by Gasteiger charge is 2.24. The Balaban J connectivity index is 2.35. The molecule has 0 aliphatic heterocycles. The summed E-state index contributed by atoms with van der Waals surface area (Å²) >= 11 is 0. The lowest BCUT2D eigenvalue weighted by Crippen LogP contribution is -2.39. The first-order valence-electron chi connectivity index (χ1n) is 3.32. The molecule has 0 aromatic rings. The van der Waals surface area contributed by atoms with Crippen LogP contribution >= 0.6 is 0 Å². The monoisotopic (exact) mass is 131 g/mol. The van der Waals surface area contributed by atoms with Crippen LogP contribution in [0.3, 0.4) is 0 Å². The second kappa shape index (κ2) is 2.64. The van der Waals surface area contributed by atoms with Crippen molar-refractivity contribution in [2.75, 3.05) is 0 Å². The topological polar surface area (TPSA) is 66.5 Å². The molecule has 1 fully saturated rings. The number of nitrogens with two attached hydrogens (primary N) is 1. The zero-order chi connectivity index (χ0) is 6.85. The first-order valence-corrected chi connectivity index (χ1v) is 3.32. The van der Waals surface area contributed by atoms with E-state index in [0.717, 1.165) is 6.42 Å². The zero-order valence-corrected chi connectivity index (χ0v) is 5.33. The number of aliphatic hydroxyl groups is 2. The highest BCUT2D eigenvalue weighted by molar-refractivity contribution is 4.80. The molecule has 54 valence electrons. The Labute approximate surface area is 54.5 Å². The fraction of sp³-hybridized carbons (Fsp3) is 1.00. The number of hydrogen-bond acceptors (Lipinski definition) is 3. The van der Waals surface area contributed by atoms with Gasteiger partial charge in [-0.2, -0.15) is 0 Å². The molecule has 0 spiro atoms. The van der Waals surface area contributed by atoms with Gasteiger partial charge in [-0.1, -0.05) is 0 Å². The van der Waals surface area contributed by atoms with E-state index in [-0.39, 0.29) is 6.04 Å². The minimum Gasteiger partial charge on any atom is -0.390 e. The van der Waals surface area contributed by atoms with Crippen LogP contribution in [-0.2, 0) is 0 Å². The van der Waals surface area contributed by atoms with Crippen molar-refractivity contribution in [3.63, 3.8) is 0 Å². The summed E-state index contributed by atoms with van der Waals surface area (Å²) in [6.45, 7) is 0. The first-order chi connectivity index (χ1) is 4.20. The Bertz CT molecular complexity index is 97.1. The van der Waals surface area contributed by atoms with E-state index in [1.807, 2.05) is 0 Å². The molecule has 1 aliphatic carbocycles. The van der Waals surface area contributed by atoms with Gasteiger partial charge in [0.1, 0.15) is 0 Å². The molecule has 1 aliphatic rings. The molecule has 0 saturated heterocycles. The van der Waals surface area contributed by atoms with Gasteiger partial charge >= 0.3 is 0 Å². The average Bonchev–Trinajstić information content (AvgIpc) is 1.80. The van der Waals surface area contributed by atoms with Gasteiger partial charge in [-0.3, -0.25) is 0 Å². The minimum atomic E-state index is -0.589. The molecule has 1 saturated carbocycles. The molecule has 9 heavy (non-hydrogen) atoms. The molecule has 1 rings (SSSR count). The summed E-state index contributed by atoms with van der Waals surface area (Å²) in [5, 5.41) is 18.0. The maximum atomic E-state index is 9.02. The summed E-state index contributed by atoms with van der Waals surface area (Å²) in [5.74, 6) is 0. The van der Waals surface area contributed by atoms with Crippen molar-refractivity contribution in [1.82, 2.24) is 0 Å². The van der Waals surface area contributed by atoms with E-state index in [0.29, 0.717) is 12.8 Å². The Hall–Kier alpha value is -0.120. The van der Waals surface area contributed by atoms with E-state index in [1.165, 1.54) is 0 Å². The van der Waals surface area contributed by atoms with Crippen LogP contribution in [0.2, 0.25) is 0 Å². The summed E-state index contributed by atoms with van der Waals surface area (Å²) in [5.41, 5.74) is 5.52. The van der Waals surface area contributed by atoms with Crippen LogP contribution < -0.4 is 5.73 Å². The lowest BCUT2D eigenvalue weighted by molar-refractivity contribution is -0.0140. The van der Waals surface area contributed by atoms with E-state index in [4.69, 9.17) is 15.9 Å². The first kappa shape index (κ1) is 6.99. The minimum absolute atomic E-state index is 0.0865. The largest absolute Gasteiger partial charge is 0.390 e. The Morgan fingerprint density at radius 3 is 2.22 bits per heavy atom. The Kier molecular flexibility index (Phi) is 2.05. The predicted octanol–water partition coefficient (Wildman–Crippen LogP) is -0.781. The van der Waals surface area contributed by atoms with Gasteiger partial charge in [-0.15, -0.1) is 0 Å². The highest BCUT2D eigenvalue weighted by Crippen LogP contribution is 2.16. The molecule has 0 amide bonds. The molecule has 0 aromatic carbocycles. The van der Waals surface area contributed by atoms with Crippen LogP contribution in [0.15, 0.2) is 0 Å². The SMILES string of the molecule is NC1CCC(O)C(O)C1. The van der Waals surface area contributed by atoms with E-state index >= 15 is 0 Å². The van der Waals surface area contributed by atoms with Crippen LogP contribution in [-0.4, -0.2) is 28.5 Å². The van der Waals surface area contributed by atoms with Gasteiger partial charge in [0.15, 0.2) is 0 Å². The third kappa shape index (κ3) is 1.64. The van der Waals surface area contributed by atoms with E-state index in [1.54, 1.807) is 0 Å². The normalized spacial score (nSPS) is 45.0. The van der Waals surface area contributed by atoms with Crippen molar-refractivity contribution in [2.24, 2.45) is 5.73 Å². The second-order valence-electron chi connectivity index (χ2n) is 2.71. The number of hydrogen-bond donors (Lipinski definition) is 3. The number of aliphatic hydroxyl groups excluding tert-OH is 2. The molecule has 0 radical (unpaired) electrons. The molecule has 0 aromatic heterocycles. The summed E-state index contributed by atoms with van der Waals surface area (Å²) in [7, 11) is 0. The molecule has 3 heteroatoms. The zero-order valence-electron chi connectivity index (χ0n) is 5.33. The molecular weight excluding hydrogens is 118 g/mol. The van der Waals surface area contributed by atoms with Gasteiger partial charge < -0.3 is 15.9 Å². The van der Waals surface area contributed by atoms with Crippen LogP contribution in [0, 0.1) is 0 Å². The molecule has 0 heterocycles.